The predicted octanol–water partition coefficient (Wildman–Crippen LogP) is 3.23. The lowest BCUT2D eigenvalue weighted by Gasteiger charge is -2.35. The second-order valence-corrected chi connectivity index (χ2v) is 8.24. The van der Waals surface area contributed by atoms with E-state index in [4.69, 9.17) is 9.47 Å². The maximum absolute atomic E-state index is 12.9. The van der Waals surface area contributed by atoms with Crippen molar-refractivity contribution >= 4 is 23.6 Å². The smallest absolute Gasteiger partial charge is 0.254 e. The minimum atomic E-state index is -0.0759. The van der Waals surface area contributed by atoms with Gasteiger partial charge in [-0.15, -0.1) is 11.8 Å². The number of piperazine rings is 1. The Morgan fingerprint density at radius 1 is 0.900 bits per heavy atom. The SMILES string of the molecule is COc1cc(OC)cc(C(=O)N2CCN(C(=O)CSCc3ccc(C)cc3)CC2)c1. The third-order valence-corrected chi connectivity index (χ3v) is 6.12. The van der Waals surface area contributed by atoms with Gasteiger partial charge in [0.05, 0.1) is 20.0 Å². The van der Waals surface area contributed by atoms with E-state index in [1.807, 2.05) is 4.90 Å². The van der Waals surface area contributed by atoms with Crippen LogP contribution in [0.5, 0.6) is 11.5 Å². The average molecular weight is 429 g/mol. The molecule has 0 aliphatic carbocycles. The molecule has 160 valence electrons. The van der Waals surface area contributed by atoms with Gasteiger partial charge in [-0.25, -0.2) is 0 Å². The molecule has 0 atom stereocenters. The van der Waals surface area contributed by atoms with Crippen LogP contribution in [0.1, 0.15) is 21.5 Å². The number of thioether (sulfide) groups is 1. The first-order chi connectivity index (χ1) is 14.5. The highest BCUT2D eigenvalue weighted by atomic mass is 32.2. The first kappa shape index (κ1) is 22.0. The average Bonchev–Trinajstić information content (AvgIpc) is 2.79. The van der Waals surface area contributed by atoms with E-state index in [0.717, 1.165) is 5.75 Å². The molecule has 0 N–H and O–H groups in total. The Hall–Kier alpha value is -2.67. The van der Waals surface area contributed by atoms with Gasteiger partial charge in [0.1, 0.15) is 11.5 Å². The van der Waals surface area contributed by atoms with Gasteiger partial charge < -0.3 is 19.3 Å². The van der Waals surface area contributed by atoms with Crippen LogP contribution in [0.25, 0.3) is 0 Å². The third-order valence-electron chi connectivity index (χ3n) is 5.13. The zero-order chi connectivity index (χ0) is 21.5. The van der Waals surface area contributed by atoms with Gasteiger partial charge in [0.25, 0.3) is 5.91 Å². The van der Waals surface area contributed by atoms with Gasteiger partial charge in [0.15, 0.2) is 0 Å². The van der Waals surface area contributed by atoms with Crippen molar-refractivity contribution in [1.82, 2.24) is 9.80 Å². The van der Waals surface area contributed by atoms with Crippen LogP contribution in [0.2, 0.25) is 0 Å². The van der Waals surface area contributed by atoms with Crippen LogP contribution in [0, 0.1) is 6.92 Å². The molecule has 30 heavy (non-hydrogen) atoms. The fourth-order valence-electron chi connectivity index (χ4n) is 3.30. The van der Waals surface area contributed by atoms with Crippen molar-refractivity contribution in [2.75, 3.05) is 46.2 Å². The summed E-state index contributed by atoms with van der Waals surface area (Å²) < 4.78 is 10.5. The van der Waals surface area contributed by atoms with Gasteiger partial charge in [-0.1, -0.05) is 29.8 Å². The number of rotatable bonds is 7. The lowest BCUT2D eigenvalue weighted by atomic mass is 10.1. The van der Waals surface area contributed by atoms with E-state index in [0.29, 0.717) is 49.0 Å². The van der Waals surface area contributed by atoms with Crippen LogP contribution >= 0.6 is 11.8 Å². The topological polar surface area (TPSA) is 59.1 Å². The summed E-state index contributed by atoms with van der Waals surface area (Å²) in [5, 5.41) is 0. The first-order valence-corrected chi connectivity index (χ1v) is 11.1. The molecule has 1 saturated heterocycles. The molecule has 1 aliphatic rings. The number of amides is 2. The lowest BCUT2D eigenvalue weighted by molar-refractivity contribution is -0.129. The summed E-state index contributed by atoms with van der Waals surface area (Å²) in [6, 6.07) is 13.5. The van der Waals surface area contributed by atoms with Crippen molar-refractivity contribution in [3.05, 3.63) is 59.2 Å². The molecule has 2 amide bonds. The molecule has 6 nitrogen and oxygen atoms in total. The largest absolute Gasteiger partial charge is 0.497 e. The molecule has 0 spiro atoms. The monoisotopic (exact) mass is 428 g/mol. The highest BCUT2D eigenvalue weighted by molar-refractivity contribution is 7.99. The molecule has 1 aliphatic heterocycles. The van der Waals surface area contributed by atoms with Crippen LogP contribution < -0.4 is 9.47 Å². The molecule has 2 aromatic carbocycles. The van der Waals surface area contributed by atoms with Crippen molar-refractivity contribution < 1.29 is 19.1 Å². The minimum Gasteiger partial charge on any atom is -0.497 e. The van der Waals surface area contributed by atoms with Gasteiger partial charge in [0, 0.05) is 43.6 Å². The quantitative estimate of drug-likeness (QED) is 0.678. The Morgan fingerprint density at radius 3 is 2.03 bits per heavy atom. The van der Waals surface area contributed by atoms with Crippen molar-refractivity contribution in [1.29, 1.82) is 0 Å². The van der Waals surface area contributed by atoms with E-state index >= 15 is 0 Å². The number of benzene rings is 2. The van der Waals surface area contributed by atoms with E-state index < -0.39 is 0 Å². The molecule has 2 aromatic rings. The van der Waals surface area contributed by atoms with Crippen LogP contribution in [-0.2, 0) is 10.5 Å². The van der Waals surface area contributed by atoms with E-state index in [9.17, 15) is 9.59 Å². The number of ether oxygens (including phenoxy) is 2. The van der Waals surface area contributed by atoms with Gasteiger partial charge >= 0.3 is 0 Å². The fourth-order valence-corrected chi connectivity index (χ4v) is 4.19. The van der Waals surface area contributed by atoms with Crippen LogP contribution in [-0.4, -0.2) is 67.8 Å². The van der Waals surface area contributed by atoms with Crippen molar-refractivity contribution in [3.8, 4) is 11.5 Å². The van der Waals surface area contributed by atoms with Crippen LogP contribution in [0.15, 0.2) is 42.5 Å². The number of carbonyl (C=O) groups is 2. The fraction of sp³-hybridized carbons (Fsp3) is 0.391. The van der Waals surface area contributed by atoms with E-state index in [1.165, 1.54) is 11.1 Å². The lowest BCUT2D eigenvalue weighted by Crippen LogP contribution is -2.51. The normalized spacial score (nSPS) is 13.8. The standard InChI is InChI=1S/C23H28N2O4S/c1-17-4-6-18(7-5-17)15-30-16-22(26)24-8-10-25(11-9-24)23(27)19-12-20(28-2)14-21(13-19)29-3/h4-7,12-14H,8-11,15-16H2,1-3H3. The highest BCUT2D eigenvalue weighted by Crippen LogP contribution is 2.24. The van der Waals surface area contributed by atoms with Crippen LogP contribution in [0.3, 0.4) is 0 Å². The summed E-state index contributed by atoms with van der Waals surface area (Å²) in [5.41, 5.74) is 2.99. The number of hydrogen-bond donors (Lipinski definition) is 0. The second-order valence-electron chi connectivity index (χ2n) is 7.25. The summed E-state index contributed by atoms with van der Waals surface area (Å²) in [7, 11) is 3.12. The maximum atomic E-state index is 12.9. The highest BCUT2D eigenvalue weighted by Gasteiger charge is 2.25. The molecule has 1 fully saturated rings. The molecule has 1 heterocycles. The van der Waals surface area contributed by atoms with Crippen molar-refractivity contribution in [2.45, 2.75) is 12.7 Å². The molecule has 0 radical (unpaired) electrons. The van der Waals surface area contributed by atoms with Crippen molar-refractivity contribution in [2.24, 2.45) is 0 Å². The Morgan fingerprint density at radius 2 is 1.47 bits per heavy atom. The maximum Gasteiger partial charge on any atom is 0.254 e. The van der Waals surface area contributed by atoms with Crippen molar-refractivity contribution in [3.63, 3.8) is 0 Å². The number of methoxy groups -OCH3 is 2. The van der Waals surface area contributed by atoms with Crippen LogP contribution in [0.4, 0.5) is 0 Å². The molecule has 0 bridgehead atoms. The Bertz CT molecular complexity index is 855. The van der Waals surface area contributed by atoms with E-state index in [2.05, 4.69) is 31.2 Å². The molecule has 3 rings (SSSR count). The number of hydrogen-bond acceptors (Lipinski definition) is 5. The molecule has 0 saturated carbocycles. The van der Waals surface area contributed by atoms with Gasteiger partial charge in [-0.05, 0) is 24.6 Å². The summed E-state index contributed by atoms with van der Waals surface area (Å²) in [4.78, 5) is 29.0. The predicted molar refractivity (Wildman–Crippen MR) is 119 cm³/mol. The zero-order valence-electron chi connectivity index (χ0n) is 17.7. The number of aryl methyl sites for hydroxylation is 1. The Kier molecular flexibility index (Phi) is 7.63. The summed E-state index contributed by atoms with van der Waals surface area (Å²) in [5.74, 6) is 2.49. The number of carbonyl (C=O) groups excluding carboxylic acids is 2. The summed E-state index contributed by atoms with van der Waals surface area (Å²) in [6.45, 7) is 4.21. The molecular weight excluding hydrogens is 400 g/mol. The van der Waals surface area contributed by atoms with E-state index in [-0.39, 0.29) is 11.8 Å². The van der Waals surface area contributed by atoms with Gasteiger partial charge in [0.2, 0.25) is 5.91 Å². The van der Waals surface area contributed by atoms with Gasteiger partial charge in [-0.3, -0.25) is 9.59 Å². The van der Waals surface area contributed by atoms with Gasteiger partial charge in [-0.2, -0.15) is 0 Å². The molecule has 7 heteroatoms. The Balaban J connectivity index is 1.48. The Labute approximate surface area is 182 Å². The zero-order valence-corrected chi connectivity index (χ0v) is 18.5. The van der Waals surface area contributed by atoms with E-state index in [1.54, 1.807) is 49.1 Å². The second kappa shape index (κ2) is 10.4. The molecule has 0 aromatic heterocycles. The summed E-state index contributed by atoms with van der Waals surface area (Å²) >= 11 is 1.63. The molecular formula is C23H28N2O4S. The molecule has 0 unspecified atom stereocenters. The summed E-state index contributed by atoms with van der Waals surface area (Å²) in [6.07, 6.45) is 0. The third kappa shape index (κ3) is 5.69. The minimum absolute atomic E-state index is 0.0759. The number of nitrogens with zero attached hydrogens (tertiary/aromatic N) is 2. The first-order valence-electron chi connectivity index (χ1n) is 9.93.